The largest absolute Gasteiger partial charge is 0.354 e. The van der Waals surface area contributed by atoms with Crippen molar-refractivity contribution in [2.24, 2.45) is 0 Å². The summed E-state index contributed by atoms with van der Waals surface area (Å²) >= 11 is 0. The lowest BCUT2D eigenvalue weighted by molar-refractivity contribution is -0.123. The number of halogens is 2. The van der Waals surface area contributed by atoms with Crippen LogP contribution in [0.2, 0.25) is 0 Å². The number of rotatable bonds is 4. The maximum Gasteiger partial charge on any atom is 0.237 e. The van der Waals surface area contributed by atoms with Crippen LogP contribution in [0.15, 0.2) is 48.5 Å². The van der Waals surface area contributed by atoms with Crippen molar-refractivity contribution in [3.63, 3.8) is 0 Å². The van der Waals surface area contributed by atoms with Crippen molar-refractivity contribution in [2.75, 3.05) is 6.54 Å². The summed E-state index contributed by atoms with van der Waals surface area (Å²) in [6.45, 7) is 1.29. The first-order chi connectivity index (χ1) is 10.7. The number of hydrogen-bond acceptors (Lipinski definition) is 2. The zero-order chi connectivity index (χ0) is 15.4. The summed E-state index contributed by atoms with van der Waals surface area (Å²) in [4.78, 5) is 12.2. The Labute approximate surface area is 141 Å². The SMILES string of the molecule is Cl.O=C(NCCc1ccc(F)cc1)C1Cc2ccccc2CN1. The van der Waals surface area contributed by atoms with Gasteiger partial charge in [0.15, 0.2) is 0 Å². The Kier molecular flexibility index (Phi) is 6.13. The molecule has 2 aromatic rings. The average Bonchev–Trinajstić information content (AvgIpc) is 2.56. The predicted molar refractivity (Wildman–Crippen MR) is 91.1 cm³/mol. The quantitative estimate of drug-likeness (QED) is 0.902. The molecule has 0 spiro atoms. The van der Waals surface area contributed by atoms with Crippen LogP contribution in [0, 0.1) is 5.82 Å². The number of carbonyl (C=O) groups excluding carboxylic acids is 1. The molecule has 5 heteroatoms. The zero-order valence-corrected chi connectivity index (χ0v) is 13.5. The maximum atomic E-state index is 12.8. The van der Waals surface area contributed by atoms with Gasteiger partial charge < -0.3 is 10.6 Å². The van der Waals surface area contributed by atoms with E-state index in [1.807, 2.05) is 12.1 Å². The Balaban J connectivity index is 0.00000192. The number of carbonyl (C=O) groups is 1. The van der Waals surface area contributed by atoms with Crippen LogP contribution in [0.25, 0.3) is 0 Å². The number of benzene rings is 2. The molecule has 3 nitrogen and oxygen atoms in total. The van der Waals surface area contributed by atoms with E-state index in [0.717, 1.165) is 18.5 Å². The van der Waals surface area contributed by atoms with Crippen LogP contribution >= 0.6 is 12.4 Å². The van der Waals surface area contributed by atoms with E-state index in [-0.39, 0.29) is 30.2 Å². The molecule has 1 atom stereocenters. The third kappa shape index (κ3) is 4.53. The summed E-state index contributed by atoms with van der Waals surface area (Å²) in [6.07, 6.45) is 1.42. The van der Waals surface area contributed by atoms with Crippen LogP contribution in [0.5, 0.6) is 0 Å². The van der Waals surface area contributed by atoms with Gasteiger partial charge in [-0.1, -0.05) is 36.4 Å². The van der Waals surface area contributed by atoms with E-state index in [4.69, 9.17) is 0 Å². The van der Waals surface area contributed by atoms with Crippen LogP contribution in [-0.2, 0) is 24.2 Å². The lowest BCUT2D eigenvalue weighted by atomic mass is 9.95. The Morgan fingerprint density at radius 2 is 1.83 bits per heavy atom. The Bertz CT molecular complexity index is 660. The van der Waals surface area contributed by atoms with Crippen molar-refractivity contribution in [1.29, 1.82) is 0 Å². The minimum Gasteiger partial charge on any atom is -0.354 e. The number of amides is 1. The standard InChI is InChI=1S/C18H19FN2O.ClH/c19-16-7-5-13(6-8-16)9-10-20-18(22)17-11-14-3-1-2-4-15(14)12-21-17;/h1-8,17,21H,9-12H2,(H,20,22);1H. The smallest absolute Gasteiger partial charge is 0.237 e. The summed E-state index contributed by atoms with van der Waals surface area (Å²) < 4.78 is 12.8. The average molecular weight is 335 g/mol. The van der Waals surface area contributed by atoms with Gasteiger partial charge >= 0.3 is 0 Å². The molecule has 0 bridgehead atoms. The van der Waals surface area contributed by atoms with Gasteiger partial charge in [-0.05, 0) is 41.7 Å². The van der Waals surface area contributed by atoms with Crippen LogP contribution in [0.3, 0.4) is 0 Å². The molecule has 1 heterocycles. The van der Waals surface area contributed by atoms with Crippen molar-refractivity contribution in [1.82, 2.24) is 10.6 Å². The van der Waals surface area contributed by atoms with Gasteiger partial charge in [-0.2, -0.15) is 0 Å². The predicted octanol–water partition coefficient (Wildman–Crippen LogP) is 2.62. The fourth-order valence-corrected chi connectivity index (χ4v) is 2.74. The first-order valence-corrected chi connectivity index (χ1v) is 7.55. The van der Waals surface area contributed by atoms with Crippen molar-refractivity contribution in [3.05, 3.63) is 71.0 Å². The number of hydrogen-bond donors (Lipinski definition) is 2. The fraction of sp³-hybridized carbons (Fsp3) is 0.278. The van der Waals surface area contributed by atoms with Gasteiger partial charge in [0.05, 0.1) is 6.04 Å². The molecular formula is C18H20ClFN2O. The van der Waals surface area contributed by atoms with Gasteiger partial charge in [0, 0.05) is 13.1 Å². The topological polar surface area (TPSA) is 41.1 Å². The second-order valence-electron chi connectivity index (χ2n) is 5.57. The molecule has 1 unspecified atom stereocenters. The molecule has 0 aromatic heterocycles. The van der Waals surface area contributed by atoms with E-state index < -0.39 is 0 Å². The summed E-state index contributed by atoms with van der Waals surface area (Å²) in [5.74, 6) is -0.213. The molecule has 0 saturated heterocycles. The molecular weight excluding hydrogens is 315 g/mol. The second kappa shape index (κ2) is 8.09. The van der Waals surface area contributed by atoms with E-state index in [0.29, 0.717) is 13.0 Å². The maximum absolute atomic E-state index is 12.8. The van der Waals surface area contributed by atoms with E-state index in [2.05, 4.69) is 22.8 Å². The molecule has 0 radical (unpaired) electrons. The first kappa shape index (κ1) is 17.4. The molecule has 0 aliphatic carbocycles. The molecule has 2 aromatic carbocycles. The normalized spacial score (nSPS) is 16.1. The lowest BCUT2D eigenvalue weighted by Gasteiger charge is -2.25. The summed E-state index contributed by atoms with van der Waals surface area (Å²) in [5, 5.41) is 6.22. The number of nitrogens with one attached hydrogen (secondary N) is 2. The van der Waals surface area contributed by atoms with E-state index in [9.17, 15) is 9.18 Å². The molecule has 1 aliphatic heterocycles. The summed E-state index contributed by atoms with van der Waals surface area (Å²) in [5.41, 5.74) is 3.52. The second-order valence-corrected chi connectivity index (χ2v) is 5.57. The summed E-state index contributed by atoms with van der Waals surface area (Å²) in [6, 6.07) is 14.4. The van der Waals surface area contributed by atoms with Crippen LogP contribution < -0.4 is 10.6 Å². The minimum atomic E-state index is -0.238. The van der Waals surface area contributed by atoms with E-state index >= 15 is 0 Å². The highest BCUT2D eigenvalue weighted by atomic mass is 35.5. The molecule has 0 fully saturated rings. The highest BCUT2D eigenvalue weighted by Gasteiger charge is 2.23. The molecule has 23 heavy (non-hydrogen) atoms. The van der Waals surface area contributed by atoms with Crippen molar-refractivity contribution >= 4 is 18.3 Å². The van der Waals surface area contributed by atoms with E-state index in [1.165, 1.54) is 23.3 Å². The third-order valence-electron chi connectivity index (χ3n) is 4.02. The lowest BCUT2D eigenvalue weighted by Crippen LogP contribution is -2.48. The monoisotopic (exact) mass is 334 g/mol. The van der Waals surface area contributed by atoms with Crippen LogP contribution in [0.4, 0.5) is 4.39 Å². The molecule has 0 saturated carbocycles. The highest BCUT2D eigenvalue weighted by molar-refractivity contribution is 5.85. The van der Waals surface area contributed by atoms with Gasteiger partial charge in [-0.3, -0.25) is 4.79 Å². The summed E-state index contributed by atoms with van der Waals surface area (Å²) in [7, 11) is 0. The molecule has 2 N–H and O–H groups in total. The molecule has 1 aliphatic rings. The zero-order valence-electron chi connectivity index (χ0n) is 12.7. The molecule has 122 valence electrons. The third-order valence-corrected chi connectivity index (χ3v) is 4.02. The van der Waals surface area contributed by atoms with Gasteiger partial charge in [0.1, 0.15) is 5.82 Å². The van der Waals surface area contributed by atoms with Gasteiger partial charge in [0.2, 0.25) is 5.91 Å². The Morgan fingerprint density at radius 3 is 2.57 bits per heavy atom. The first-order valence-electron chi connectivity index (χ1n) is 7.55. The molecule has 3 rings (SSSR count). The highest BCUT2D eigenvalue weighted by Crippen LogP contribution is 2.16. The van der Waals surface area contributed by atoms with Gasteiger partial charge in [-0.15, -0.1) is 12.4 Å². The van der Waals surface area contributed by atoms with E-state index in [1.54, 1.807) is 12.1 Å². The van der Waals surface area contributed by atoms with Crippen molar-refractivity contribution in [3.8, 4) is 0 Å². The Hall–Kier alpha value is -1.91. The Morgan fingerprint density at radius 1 is 1.13 bits per heavy atom. The van der Waals surface area contributed by atoms with Crippen LogP contribution in [-0.4, -0.2) is 18.5 Å². The van der Waals surface area contributed by atoms with Crippen molar-refractivity contribution < 1.29 is 9.18 Å². The fourth-order valence-electron chi connectivity index (χ4n) is 2.74. The van der Waals surface area contributed by atoms with Gasteiger partial charge in [-0.25, -0.2) is 4.39 Å². The van der Waals surface area contributed by atoms with Crippen LogP contribution in [0.1, 0.15) is 16.7 Å². The minimum absolute atomic E-state index is 0. The van der Waals surface area contributed by atoms with Crippen molar-refractivity contribution in [2.45, 2.75) is 25.4 Å². The van der Waals surface area contributed by atoms with Gasteiger partial charge in [0.25, 0.3) is 0 Å². The molecule has 1 amide bonds. The number of fused-ring (bicyclic) bond motifs is 1.